The maximum Gasteiger partial charge on any atom is 0.261 e. The van der Waals surface area contributed by atoms with Crippen molar-refractivity contribution in [1.82, 2.24) is 5.32 Å². The molecular formula is C23H23ClN2O3S. The van der Waals surface area contributed by atoms with E-state index in [2.05, 4.69) is 10.6 Å². The summed E-state index contributed by atoms with van der Waals surface area (Å²) < 4.78 is 5.69. The highest BCUT2D eigenvalue weighted by Crippen LogP contribution is 2.27. The molecule has 2 N–H and O–H groups in total. The number of hydrogen-bond donors (Lipinski definition) is 2. The van der Waals surface area contributed by atoms with Gasteiger partial charge >= 0.3 is 0 Å². The van der Waals surface area contributed by atoms with Crippen LogP contribution in [0.25, 0.3) is 0 Å². The third kappa shape index (κ3) is 5.84. The molecule has 30 heavy (non-hydrogen) atoms. The number of carbonyl (C=O) groups excluding carboxylic acids is 2. The van der Waals surface area contributed by atoms with Crippen LogP contribution in [0.3, 0.4) is 0 Å². The second-order valence-electron chi connectivity index (χ2n) is 6.83. The molecule has 2 aromatic carbocycles. The van der Waals surface area contributed by atoms with Crippen molar-refractivity contribution in [3.05, 3.63) is 81.2 Å². The van der Waals surface area contributed by atoms with E-state index in [9.17, 15) is 9.59 Å². The second kappa shape index (κ2) is 10.3. The molecule has 0 unspecified atom stereocenters. The molecule has 2 amide bonds. The number of ether oxygens (including phenoxy) is 1. The molecule has 0 atom stereocenters. The lowest BCUT2D eigenvalue weighted by atomic mass is 10.2. The monoisotopic (exact) mass is 442 g/mol. The van der Waals surface area contributed by atoms with Crippen molar-refractivity contribution in [1.29, 1.82) is 0 Å². The van der Waals surface area contributed by atoms with Crippen molar-refractivity contribution in [2.45, 2.75) is 20.3 Å². The van der Waals surface area contributed by atoms with Gasteiger partial charge in [-0.1, -0.05) is 35.9 Å². The predicted octanol–water partition coefficient (Wildman–Crippen LogP) is 5.47. The largest absolute Gasteiger partial charge is 0.494 e. The Balaban J connectivity index is 1.49. The lowest BCUT2D eigenvalue weighted by molar-refractivity contribution is 0.0954. The van der Waals surface area contributed by atoms with Gasteiger partial charge in [0, 0.05) is 6.54 Å². The third-order valence-electron chi connectivity index (χ3n) is 4.34. The molecule has 0 saturated carbocycles. The van der Waals surface area contributed by atoms with Gasteiger partial charge in [0.15, 0.2) is 0 Å². The minimum Gasteiger partial charge on any atom is -0.494 e. The minimum absolute atomic E-state index is 0.161. The lowest BCUT2D eigenvalue weighted by Gasteiger charge is -2.08. The topological polar surface area (TPSA) is 67.4 Å². The van der Waals surface area contributed by atoms with Crippen molar-refractivity contribution >= 4 is 39.8 Å². The van der Waals surface area contributed by atoms with Gasteiger partial charge in [-0.15, -0.1) is 11.3 Å². The summed E-state index contributed by atoms with van der Waals surface area (Å²) in [6, 6.07) is 16.5. The van der Waals surface area contributed by atoms with Crippen LogP contribution in [-0.4, -0.2) is 25.0 Å². The highest BCUT2D eigenvalue weighted by atomic mass is 35.5. The molecule has 3 rings (SSSR count). The summed E-state index contributed by atoms with van der Waals surface area (Å²) in [7, 11) is 0. The number of hydrogen-bond acceptors (Lipinski definition) is 4. The summed E-state index contributed by atoms with van der Waals surface area (Å²) >= 11 is 7.31. The maximum absolute atomic E-state index is 12.5. The lowest BCUT2D eigenvalue weighted by Crippen LogP contribution is -2.25. The average Bonchev–Trinajstić information content (AvgIpc) is 3.08. The summed E-state index contributed by atoms with van der Waals surface area (Å²) in [5.41, 5.74) is 2.35. The highest BCUT2D eigenvalue weighted by Gasteiger charge is 2.16. The van der Waals surface area contributed by atoms with E-state index in [1.54, 1.807) is 30.3 Å². The fraction of sp³-hybridized carbons (Fsp3) is 0.217. The van der Waals surface area contributed by atoms with E-state index in [1.807, 2.05) is 38.1 Å². The zero-order valence-corrected chi connectivity index (χ0v) is 18.4. The Morgan fingerprint density at radius 3 is 2.60 bits per heavy atom. The first-order valence-corrected chi connectivity index (χ1v) is 10.8. The normalized spacial score (nSPS) is 10.5. The van der Waals surface area contributed by atoms with Gasteiger partial charge in [-0.3, -0.25) is 9.59 Å². The Morgan fingerprint density at radius 1 is 1.03 bits per heavy atom. The molecule has 0 fully saturated rings. The zero-order chi connectivity index (χ0) is 21.5. The Hall–Kier alpha value is -2.83. The van der Waals surface area contributed by atoms with E-state index in [0.29, 0.717) is 40.0 Å². The van der Waals surface area contributed by atoms with Gasteiger partial charge in [-0.05, 0) is 61.7 Å². The van der Waals surface area contributed by atoms with Gasteiger partial charge < -0.3 is 15.4 Å². The second-order valence-corrected chi connectivity index (χ2v) is 8.29. The van der Waals surface area contributed by atoms with Gasteiger partial charge in [-0.25, -0.2) is 0 Å². The molecule has 156 valence electrons. The number of halogens is 1. The fourth-order valence-corrected chi connectivity index (χ4v) is 4.05. The average molecular weight is 443 g/mol. The van der Waals surface area contributed by atoms with Crippen molar-refractivity contribution < 1.29 is 14.3 Å². The van der Waals surface area contributed by atoms with Crippen LogP contribution in [0, 0.1) is 13.8 Å². The van der Waals surface area contributed by atoms with E-state index in [1.165, 1.54) is 11.3 Å². The molecule has 0 aliphatic heterocycles. The first kappa shape index (κ1) is 21.9. The fourth-order valence-electron chi connectivity index (χ4n) is 2.84. The summed E-state index contributed by atoms with van der Waals surface area (Å²) in [6.45, 7) is 4.88. The molecule has 0 spiro atoms. The van der Waals surface area contributed by atoms with Crippen molar-refractivity contribution in [3.63, 3.8) is 0 Å². The molecule has 0 radical (unpaired) electrons. The summed E-state index contributed by atoms with van der Waals surface area (Å²) in [4.78, 5) is 25.5. The first-order valence-electron chi connectivity index (χ1n) is 9.58. The maximum atomic E-state index is 12.5. The van der Waals surface area contributed by atoms with Gasteiger partial charge in [0.1, 0.15) is 5.75 Å². The molecule has 0 bridgehead atoms. The van der Waals surface area contributed by atoms with Crippen LogP contribution in [0.1, 0.15) is 37.6 Å². The van der Waals surface area contributed by atoms with Gasteiger partial charge in [0.05, 0.1) is 27.1 Å². The molecule has 0 aliphatic rings. The van der Waals surface area contributed by atoms with Crippen LogP contribution in [0.4, 0.5) is 5.00 Å². The Labute approximate surface area is 185 Å². The molecule has 7 heteroatoms. The van der Waals surface area contributed by atoms with Crippen molar-refractivity contribution in [3.8, 4) is 5.75 Å². The number of anilines is 1. The van der Waals surface area contributed by atoms with Gasteiger partial charge in [0.25, 0.3) is 11.8 Å². The van der Waals surface area contributed by atoms with E-state index in [4.69, 9.17) is 16.3 Å². The first-order chi connectivity index (χ1) is 14.4. The SMILES string of the molecule is Cc1cccc(OCCCNC(=O)c2sc(NC(=O)c3ccccc3Cl)cc2C)c1. The zero-order valence-electron chi connectivity index (χ0n) is 16.8. The van der Waals surface area contributed by atoms with Crippen molar-refractivity contribution in [2.24, 2.45) is 0 Å². The van der Waals surface area contributed by atoms with Crippen LogP contribution in [0.5, 0.6) is 5.75 Å². The quantitative estimate of drug-likeness (QED) is 0.454. The minimum atomic E-state index is -0.304. The van der Waals surface area contributed by atoms with Crippen molar-refractivity contribution in [2.75, 3.05) is 18.5 Å². The van der Waals surface area contributed by atoms with Crippen LogP contribution in [0.2, 0.25) is 5.02 Å². The number of carbonyl (C=O) groups is 2. The molecule has 1 aromatic heterocycles. The Kier molecular flexibility index (Phi) is 7.49. The standard InChI is InChI=1S/C23H23ClN2O3S/c1-15-7-5-8-17(13-15)29-12-6-11-25-23(28)21-16(2)14-20(30-21)26-22(27)18-9-3-4-10-19(18)24/h3-5,7-10,13-14H,6,11-12H2,1-2H3,(H,25,28)(H,26,27). The Morgan fingerprint density at radius 2 is 1.83 bits per heavy atom. The molecule has 0 aliphatic carbocycles. The van der Waals surface area contributed by atoms with E-state index in [-0.39, 0.29) is 11.8 Å². The van der Waals surface area contributed by atoms with E-state index >= 15 is 0 Å². The molecular weight excluding hydrogens is 420 g/mol. The number of rotatable bonds is 8. The van der Waals surface area contributed by atoms with Crippen LogP contribution >= 0.6 is 22.9 Å². The highest BCUT2D eigenvalue weighted by molar-refractivity contribution is 7.18. The van der Waals surface area contributed by atoms with E-state index < -0.39 is 0 Å². The summed E-state index contributed by atoms with van der Waals surface area (Å²) in [5, 5.41) is 6.70. The third-order valence-corrected chi connectivity index (χ3v) is 5.83. The van der Waals surface area contributed by atoms with Crippen LogP contribution < -0.4 is 15.4 Å². The molecule has 3 aromatic rings. The number of amides is 2. The molecule has 0 saturated heterocycles. The number of aryl methyl sites for hydroxylation is 2. The van der Waals surface area contributed by atoms with Crippen LogP contribution in [-0.2, 0) is 0 Å². The summed E-state index contributed by atoms with van der Waals surface area (Å²) in [6.07, 6.45) is 0.695. The predicted molar refractivity (Wildman–Crippen MR) is 122 cm³/mol. The van der Waals surface area contributed by atoms with Gasteiger partial charge in [0.2, 0.25) is 0 Å². The molecule has 1 heterocycles. The van der Waals surface area contributed by atoms with Crippen LogP contribution in [0.15, 0.2) is 54.6 Å². The summed E-state index contributed by atoms with van der Waals surface area (Å²) in [5.74, 6) is 0.364. The number of benzene rings is 2. The molecule has 5 nitrogen and oxygen atoms in total. The number of thiophene rings is 1. The number of nitrogens with one attached hydrogen (secondary N) is 2. The van der Waals surface area contributed by atoms with Gasteiger partial charge in [-0.2, -0.15) is 0 Å². The Bertz CT molecular complexity index is 1050. The smallest absolute Gasteiger partial charge is 0.261 e. The van der Waals surface area contributed by atoms with E-state index in [0.717, 1.165) is 16.9 Å².